The van der Waals surface area contributed by atoms with E-state index in [-0.39, 0.29) is 17.2 Å². The maximum atomic E-state index is 11.9. The van der Waals surface area contributed by atoms with Gasteiger partial charge in [0.1, 0.15) is 11.8 Å². The SMILES string of the molecule is NC(CC(c1ccccc1)C(Oc1ccc(Cl)cc1Cl)C(=O)O)C(=O)O. The minimum atomic E-state index is -1.39. The Labute approximate surface area is 160 Å². The third kappa shape index (κ3) is 5.11. The molecule has 2 aromatic carbocycles. The second kappa shape index (κ2) is 8.89. The summed E-state index contributed by atoms with van der Waals surface area (Å²) >= 11 is 11.9. The van der Waals surface area contributed by atoms with E-state index in [0.717, 1.165) is 0 Å². The van der Waals surface area contributed by atoms with Crippen molar-refractivity contribution < 1.29 is 24.5 Å². The average Bonchev–Trinajstić information content (AvgIpc) is 2.59. The van der Waals surface area contributed by atoms with Crippen LogP contribution in [0.4, 0.5) is 0 Å². The Kier molecular flexibility index (Phi) is 6.85. The Balaban J connectivity index is 2.39. The van der Waals surface area contributed by atoms with Gasteiger partial charge in [0.05, 0.1) is 5.02 Å². The largest absolute Gasteiger partial charge is 0.480 e. The summed E-state index contributed by atoms with van der Waals surface area (Å²) in [5.74, 6) is -3.15. The van der Waals surface area contributed by atoms with Gasteiger partial charge in [-0.25, -0.2) is 4.79 Å². The van der Waals surface area contributed by atoms with Crippen molar-refractivity contribution in [2.75, 3.05) is 0 Å². The molecule has 138 valence electrons. The van der Waals surface area contributed by atoms with Crippen LogP contribution in [0.15, 0.2) is 48.5 Å². The van der Waals surface area contributed by atoms with Crippen molar-refractivity contribution in [1.29, 1.82) is 0 Å². The number of hydrogen-bond acceptors (Lipinski definition) is 4. The number of carbonyl (C=O) groups is 2. The summed E-state index contributed by atoms with van der Waals surface area (Å²) in [6.07, 6.45) is -1.51. The molecule has 3 atom stereocenters. The van der Waals surface area contributed by atoms with Crippen LogP contribution in [-0.4, -0.2) is 34.3 Å². The van der Waals surface area contributed by atoms with Crippen molar-refractivity contribution in [3.63, 3.8) is 0 Å². The standard InChI is InChI=1S/C18H17Cl2NO5/c19-11-6-7-15(13(20)8-11)26-16(18(24)25)12(9-14(21)17(22)23)10-4-2-1-3-5-10/h1-8,12,14,16H,9,21H2,(H,22,23)(H,24,25). The third-order valence-corrected chi connectivity index (χ3v) is 4.34. The molecule has 0 aliphatic carbocycles. The lowest BCUT2D eigenvalue weighted by molar-refractivity contribution is -0.147. The van der Waals surface area contributed by atoms with Crippen molar-refractivity contribution in [3.8, 4) is 5.75 Å². The van der Waals surface area contributed by atoms with Crippen LogP contribution in [0, 0.1) is 0 Å². The summed E-state index contributed by atoms with van der Waals surface area (Å²) in [6, 6.07) is 11.8. The first-order chi connectivity index (χ1) is 12.3. The molecule has 0 aromatic heterocycles. The van der Waals surface area contributed by atoms with E-state index in [2.05, 4.69) is 0 Å². The quantitative estimate of drug-likeness (QED) is 0.629. The first kappa shape index (κ1) is 20.0. The summed E-state index contributed by atoms with van der Waals surface area (Å²) in [7, 11) is 0. The Morgan fingerprint density at radius 1 is 1.04 bits per heavy atom. The van der Waals surface area contributed by atoms with Gasteiger partial charge in [0, 0.05) is 10.9 Å². The fourth-order valence-corrected chi connectivity index (χ4v) is 2.97. The molecule has 0 saturated heterocycles. The van der Waals surface area contributed by atoms with E-state index < -0.39 is 30.0 Å². The number of aliphatic carboxylic acids is 2. The van der Waals surface area contributed by atoms with E-state index >= 15 is 0 Å². The Bertz CT molecular complexity index is 784. The van der Waals surface area contributed by atoms with Gasteiger partial charge in [-0.3, -0.25) is 4.79 Å². The highest BCUT2D eigenvalue weighted by Gasteiger charge is 2.34. The van der Waals surface area contributed by atoms with Gasteiger partial charge in [0.2, 0.25) is 6.10 Å². The molecule has 2 rings (SSSR count). The Hall–Kier alpha value is -2.28. The predicted molar refractivity (Wildman–Crippen MR) is 97.9 cm³/mol. The molecule has 0 heterocycles. The molecule has 0 radical (unpaired) electrons. The number of ether oxygens (including phenoxy) is 1. The van der Waals surface area contributed by atoms with Gasteiger partial charge in [-0.1, -0.05) is 53.5 Å². The number of carboxylic acid groups (broad SMARTS) is 2. The molecule has 26 heavy (non-hydrogen) atoms. The van der Waals surface area contributed by atoms with Gasteiger partial charge < -0.3 is 20.7 Å². The van der Waals surface area contributed by atoms with Crippen LogP contribution in [-0.2, 0) is 9.59 Å². The number of nitrogens with two attached hydrogens (primary N) is 1. The van der Waals surface area contributed by atoms with E-state index in [9.17, 15) is 14.7 Å². The second-order valence-electron chi connectivity index (χ2n) is 5.65. The molecule has 2 aromatic rings. The first-order valence-corrected chi connectivity index (χ1v) is 8.43. The summed E-state index contributed by atoms with van der Waals surface area (Å²) < 4.78 is 5.62. The van der Waals surface area contributed by atoms with Gasteiger partial charge in [-0.15, -0.1) is 0 Å². The Morgan fingerprint density at radius 2 is 1.69 bits per heavy atom. The Morgan fingerprint density at radius 3 is 2.23 bits per heavy atom. The van der Waals surface area contributed by atoms with Crippen LogP contribution in [0.1, 0.15) is 17.9 Å². The summed E-state index contributed by atoms with van der Waals surface area (Å²) in [5.41, 5.74) is 6.24. The molecule has 0 saturated carbocycles. The van der Waals surface area contributed by atoms with Gasteiger partial charge in [-0.2, -0.15) is 0 Å². The van der Waals surface area contributed by atoms with Crippen molar-refractivity contribution in [1.82, 2.24) is 0 Å². The fraction of sp³-hybridized carbons (Fsp3) is 0.222. The zero-order valence-electron chi connectivity index (χ0n) is 13.5. The maximum absolute atomic E-state index is 11.9. The number of halogens is 2. The van der Waals surface area contributed by atoms with Crippen molar-refractivity contribution in [2.45, 2.75) is 24.5 Å². The molecule has 0 aliphatic heterocycles. The van der Waals surface area contributed by atoms with E-state index in [1.807, 2.05) is 0 Å². The molecule has 6 nitrogen and oxygen atoms in total. The first-order valence-electron chi connectivity index (χ1n) is 7.67. The van der Waals surface area contributed by atoms with Crippen LogP contribution >= 0.6 is 23.2 Å². The van der Waals surface area contributed by atoms with Crippen LogP contribution in [0.25, 0.3) is 0 Å². The minimum Gasteiger partial charge on any atom is -0.480 e. The van der Waals surface area contributed by atoms with Crippen molar-refractivity contribution in [2.24, 2.45) is 5.73 Å². The monoisotopic (exact) mass is 397 g/mol. The molecule has 8 heteroatoms. The summed E-state index contributed by atoms with van der Waals surface area (Å²) in [5, 5.41) is 19.3. The number of carboxylic acids is 2. The second-order valence-corrected chi connectivity index (χ2v) is 6.49. The highest BCUT2D eigenvalue weighted by Crippen LogP contribution is 2.33. The summed E-state index contributed by atoms with van der Waals surface area (Å²) in [4.78, 5) is 23.0. The van der Waals surface area contributed by atoms with Gasteiger partial charge in [0.25, 0.3) is 0 Å². The predicted octanol–water partition coefficient (Wildman–Crippen LogP) is 3.41. The van der Waals surface area contributed by atoms with Crippen molar-refractivity contribution >= 4 is 35.1 Å². The molecule has 0 aliphatic rings. The highest BCUT2D eigenvalue weighted by molar-refractivity contribution is 6.35. The number of benzene rings is 2. The molecular weight excluding hydrogens is 381 g/mol. The van der Waals surface area contributed by atoms with E-state index in [1.165, 1.54) is 18.2 Å². The lowest BCUT2D eigenvalue weighted by Gasteiger charge is -2.27. The average molecular weight is 398 g/mol. The van der Waals surface area contributed by atoms with Crippen LogP contribution < -0.4 is 10.5 Å². The lowest BCUT2D eigenvalue weighted by atomic mass is 9.87. The molecule has 4 N–H and O–H groups in total. The maximum Gasteiger partial charge on any atom is 0.345 e. The topological polar surface area (TPSA) is 110 Å². The lowest BCUT2D eigenvalue weighted by Crippen LogP contribution is -2.40. The number of hydrogen-bond donors (Lipinski definition) is 3. The zero-order valence-corrected chi connectivity index (χ0v) is 15.0. The molecule has 0 amide bonds. The number of rotatable bonds is 8. The van der Waals surface area contributed by atoms with Gasteiger partial charge in [-0.05, 0) is 30.2 Å². The third-order valence-electron chi connectivity index (χ3n) is 3.81. The molecule has 3 unspecified atom stereocenters. The molecule has 0 spiro atoms. The molecule has 0 fully saturated rings. The van der Waals surface area contributed by atoms with Crippen LogP contribution in [0.2, 0.25) is 10.0 Å². The zero-order chi connectivity index (χ0) is 19.3. The minimum absolute atomic E-state index is 0.123. The fourth-order valence-electron chi connectivity index (χ4n) is 2.52. The van der Waals surface area contributed by atoms with Crippen molar-refractivity contribution in [3.05, 3.63) is 64.1 Å². The van der Waals surface area contributed by atoms with E-state index in [4.69, 9.17) is 38.8 Å². The van der Waals surface area contributed by atoms with Gasteiger partial charge in [0.15, 0.2) is 0 Å². The highest BCUT2D eigenvalue weighted by atomic mass is 35.5. The smallest absolute Gasteiger partial charge is 0.345 e. The van der Waals surface area contributed by atoms with E-state index in [0.29, 0.717) is 10.6 Å². The van der Waals surface area contributed by atoms with E-state index in [1.54, 1.807) is 30.3 Å². The van der Waals surface area contributed by atoms with Gasteiger partial charge >= 0.3 is 11.9 Å². The normalized spacial score (nSPS) is 14.3. The molecular formula is C18H17Cl2NO5. The van der Waals surface area contributed by atoms with Crippen LogP contribution in [0.3, 0.4) is 0 Å². The molecule has 0 bridgehead atoms. The van der Waals surface area contributed by atoms with Crippen LogP contribution in [0.5, 0.6) is 5.75 Å². The summed E-state index contributed by atoms with van der Waals surface area (Å²) in [6.45, 7) is 0.